The van der Waals surface area contributed by atoms with E-state index in [0.29, 0.717) is 11.5 Å². The summed E-state index contributed by atoms with van der Waals surface area (Å²) in [5.41, 5.74) is -0.818. The molecule has 1 heterocycles. The van der Waals surface area contributed by atoms with Gasteiger partial charge in [-0.3, -0.25) is 0 Å². The molecule has 5 nitrogen and oxygen atoms in total. The molecule has 0 aliphatic carbocycles. The molecule has 0 saturated carbocycles. The second kappa shape index (κ2) is 2.65. The van der Waals surface area contributed by atoms with Crippen LogP contribution in [0.5, 0.6) is 0 Å². The van der Waals surface area contributed by atoms with Crippen molar-refractivity contribution in [2.24, 2.45) is 0 Å². The zero-order valence-corrected chi connectivity index (χ0v) is 7.23. The molecule has 0 bridgehead atoms. The first-order chi connectivity index (χ1) is 5.26. The van der Waals surface area contributed by atoms with E-state index in [9.17, 15) is 20.5 Å². The van der Waals surface area contributed by atoms with Gasteiger partial charge < -0.3 is 20.5 Å². The second-order valence-electron chi connectivity index (χ2n) is 3.96. The van der Waals surface area contributed by atoms with Gasteiger partial charge in [0.2, 0.25) is 5.91 Å². The van der Waals surface area contributed by atoms with Gasteiger partial charge in [0.25, 0.3) is 0 Å². The van der Waals surface area contributed by atoms with Crippen molar-refractivity contribution >= 4 is 0 Å². The zero-order chi connectivity index (χ0) is 9.57. The van der Waals surface area contributed by atoms with Crippen LogP contribution in [0.2, 0.25) is 0 Å². The molecular weight excluding hydrogens is 162 g/mol. The molecule has 0 radical (unpaired) electrons. The van der Waals surface area contributed by atoms with E-state index >= 15 is 0 Å². The molecule has 0 aromatic carbocycles. The van der Waals surface area contributed by atoms with Gasteiger partial charge in [0.1, 0.15) is 0 Å². The van der Waals surface area contributed by atoms with Gasteiger partial charge in [-0.25, -0.2) is 0 Å². The Bertz CT molecular complexity index is 162. The van der Waals surface area contributed by atoms with Crippen molar-refractivity contribution in [2.45, 2.75) is 44.2 Å². The van der Waals surface area contributed by atoms with E-state index in [1.54, 1.807) is 13.8 Å². The predicted molar refractivity (Wildman–Crippen MR) is 40.1 cm³/mol. The van der Waals surface area contributed by atoms with Crippen LogP contribution in [0, 0.1) is 0 Å². The van der Waals surface area contributed by atoms with Gasteiger partial charge in [0.15, 0.2) is 0 Å². The van der Waals surface area contributed by atoms with Crippen LogP contribution in [0.1, 0.15) is 26.7 Å². The lowest BCUT2D eigenvalue weighted by atomic mass is 9.88. The summed E-state index contributed by atoms with van der Waals surface area (Å²) in [4.78, 5) is 0. The number of aliphatic hydroxyl groups excluding tert-OH is 1. The van der Waals surface area contributed by atoms with Crippen molar-refractivity contribution < 1.29 is 20.5 Å². The molecule has 1 saturated heterocycles. The Morgan fingerprint density at radius 3 is 2.17 bits per heavy atom. The summed E-state index contributed by atoms with van der Waals surface area (Å²) in [6.45, 7) is 3.24. The van der Waals surface area contributed by atoms with Crippen molar-refractivity contribution in [1.29, 1.82) is 0 Å². The van der Waals surface area contributed by atoms with Crippen molar-refractivity contribution in [1.82, 2.24) is 5.06 Å². The van der Waals surface area contributed by atoms with Crippen LogP contribution in [0.15, 0.2) is 0 Å². The molecular formula is C7H15NO4. The Morgan fingerprint density at radius 1 is 1.25 bits per heavy atom. The first-order valence-corrected chi connectivity index (χ1v) is 3.88. The molecule has 1 aliphatic rings. The summed E-state index contributed by atoms with van der Waals surface area (Å²) < 4.78 is 0. The smallest absolute Gasteiger partial charge is 0.249 e. The molecule has 72 valence electrons. The molecule has 1 unspecified atom stereocenters. The fourth-order valence-electron chi connectivity index (χ4n) is 1.62. The third kappa shape index (κ3) is 1.60. The van der Waals surface area contributed by atoms with E-state index in [-0.39, 0.29) is 6.42 Å². The maximum atomic E-state index is 9.30. The lowest BCUT2D eigenvalue weighted by Gasteiger charge is -2.47. The fourth-order valence-corrected chi connectivity index (χ4v) is 1.62. The molecule has 0 aromatic heterocycles. The highest BCUT2D eigenvalue weighted by Gasteiger charge is 2.48. The Hall–Kier alpha value is -0.200. The summed E-state index contributed by atoms with van der Waals surface area (Å²) in [6.07, 6.45) is -0.738. The first-order valence-electron chi connectivity index (χ1n) is 3.88. The Kier molecular flexibility index (Phi) is 2.18. The quantitative estimate of drug-likeness (QED) is 0.366. The molecule has 0 spiro atoms. The monoisotopic (exact) mass is 177 g/mol. The normalized spacial score (nSPS) is 35.0. The van der Waals surface area contributed by atoms with Gasteiger partial charge in [0, 0.05) is 12.0 Å². The highest BCUT2D eigenvalue weighted by atomic mass is 16.6. The Morgan fingerprint density at radius 2 is 1.75 bits per heavy atom. The number of hydrogen-bond donors (Lipinski definition) is 4. The van der Waals surface area contributed by atoms with Gasteiger partial charge in [-0.15, -0.1) is 5.06 Å². The minimum Gasteiger partial charge on any atom is -0.393 e. The van der Waals surface area contributed by atoms with Gasteiger partial charge in [-0.05, 0) is 20.3 Å². The summed E-state index contributed by atoms with van der Waals surface area (Å²) in [5.74, 6) is -2.32. The third-order valence-electron chi connectivity index (χ3n) is 2.16. The van der Waals surface area contributed by atoms with E-state index in [4.69, 9.17) is 0 Å². The van der Waals surface area contributed by atoms with Crippen LogP contribution in [-0.2, 0) is 0 Å². The van der Waals surface area contributed by atoms with Gasteiger partial charge >= 0.3 is 0 Å². The van der Waals surface area contributed by atoms with Crippen LogP contribution in [0.3, 0.4) is 0 Å². The zero-order valence-electron chi connectivity index (χ0n) is 7.23. The number of aliphatic hydroxyl groups is 3. The molecule has 1 rings (SSSR count). The molecule has 0 amide bonds. The van der Waals surface area contributed by atoms with Crippen molar-refractivity contribution in [3.05, 3.63) is 0 Å². The number of rotatable bonds is 0. The lowest BCUT2D eigenvalue weighted by molar-refractivity contribution is -0.414. The molecule has 1 fully saturated rings. The highest BCUT2D eigenvalue weighted by Crippen LogP contribution is 2.33. The van der Waals surface area contributed by atoms with Crippen LogP contribution < -0.4 is 0 Å². The summed E-state index contributed by atoms with van der Waals surface area (Å²) in [5, 5.41) is 37.5. The van der Waals surface area contributed by atoms with E-state index < -0.39 is 17.6 Å². The number of hydroxylamine groups is 2. The van der Waals surface area contributed by atoms with Gasteiger partial charge in [-0.1, -0.05) is 0 Å². The molecule has 12 heavy (non-hydrogen) atoms. The molecule has 0 aromatic rings. The lowest BCUT2D eigenvalue weighted by Crippen LogP contribution is -2.63. The highest BCUT2D eigenvalue weighted by molar-refractivity contribution is 4.89. The molecule has 5 heteroatoms. The van der Waals surface area contributed by atoms with Crippen LogP contribution in [0.4, 0.5) is 0 Å². The summed E-state index contributed by atoms with van der Waals surface area (Å²) in [7, 11) is 0. The first kappa shape index (κ1) is 9.88. The van der Waals surface area contributed by atoms with Crippen molar-refractivity contribution in [3.8, 4) is 0 Å². The van der Waals surface area contributed by atoms with E-state index in [0.717, 1.165) is 0 Å². The van der Waals surface area contributed by atoms with Crippen LogP contribution in [0.25, 0.3) is 0 Å². The van der Waals surface area contributed by atoms with Gasteiger partial charge in [0.05, 0.1) is 6.10 Å². The van der Waals surface area contributed by atoms with E-state index in [2.05, 4.69) is 0 Å². The van der Waals surface area contributed by atoms with Crippen LogP contribution in [-0.4, -0.2) is 43.1 Å². The maximum Gasteiger partial charge on any atom is 0.249 e. The SMILES string of the molecule is CC1(C)CC(O)CC(O)(O)N1O. The fraction of sp³-hybridized carbons (Fsp3) is 1.00. The predicted octanol–water partition coefficient (Wildman–Crippen LogP) is -0.751. The molecule has 4 N–H and O–H groups in total. The average molecular weight is 177 g/mol. The number of piperidine rings is 1. The average Bonchev–Trinajstić information content (AvgIpc) is 1.80. The minimum absolute atomic E-state index is 0.257. The Balaban J connectivity index is 2.84. The molecule has 1 aliphatic heterocycles. The molecule has 1 atom stereocenters. The summed E-state index contributed by atoms with van der Waals surface area (Å²) >= 11 is 0. The van der Waals surface area contributed by atoms with Crippen LogP contribution >= 0.6 is 0 Å². The third-order valence-corrected chi connectivity index (χ3v) is 2.16. The summed E-state index contributed by atoms with van der Waals surface area (Å²) in [6, 6.07) is 0. The topological polar surface area (TPSA) is 84.2 Å². The van der Waals surface area contributed by atoms with Crippen molar-refractivity contribution in [2.75, 3.05) is 0 Å². The maximum absolute atomic E-state index is 9.30. The largest absolute Gasteiger partial charge is 0.393 e. The van der Waals surface area contributed by atoms with E-state index in [1.807, 2.05) is 0 Å². The van der Waals surface area contributed by atoms with E-state index in [1.165, 1.54) is 0 Å². The van der Waals surface area contributed by atoms with Gasteiger partial charge in [-0.2, -0.15) is 0 Å². The standard InChI is InChI=1S/C7H15NO4/c1-6(2)3-5(9)4-7(10,11)8(6)12/h5,9-12H,3-4H2,1-2H3. The number of nitrogens with zero attached hydrogens (tertiary/aromatic N) is 1. The second-order valence-corrected chi connectivity index (χ2v) is 3.96. The van der Waals surface area contributed by atoms with Crippen molar-refractivity contribution in [3.63, 3.8) is 0 Å². The number of hydrogen-bond acceptors (Lipinski definition) is 5. The Labute approximate surface area is 70.8 Å². The minimum atomic E-state index is -2.32.